The Morgan fingerprint density at radius 1 is 1.24 bits per heavy atom. The highest BCUT2D eigenvalue weighted by molar-refractivity contribution is 5.39. The van der Waals surface area contributed by atoms with E-state index >= 15 is 0 Å². The molecule has 118 valence electrons. The van der Waals surface area contributed by atoms with Crippen LogP contribution in [-0.2, 0) is 6.54 Å². The molecule has 1 aliphatic rings. The van der Waals surface area contributed by atoms with Crippen molar-refractivity contribution in [1.82, 2.24) is 15.2 Å². The Morgan fingerprint density at radius 3 is 2.57 bits per heavy atom. The fraction of sp³-hybridized carbons (Fsp3) is 0.688. The molecule has 0 bridgehead atoms. The van der Waals surface area contributed by atoms with Gasteiger partial charge in [0.05, 0.1) is 6.61 Å². The van der Waals surface area contributed by atoms with Crippen LogP contribution in [0.2, 0.25) is 0 Å². The van der Waals surface area contributed by atoms with Crippen molar-refractivity contribution in [3.63, 3.8) is 0 Å². The molecule has 1 aromatic heterocycles. The SMILES string of the molecule is CC(C)CNCc1ccc(N2CCN(CCO)CC2)nc1. The molecule has 0 radical (unpaired) electrons. The molecule has 2 heterocycles. The van der Waals surface area contributed by atoms with Crippen LogP contribution in [0.5, 0.6) is 0 Å². The van der Waals surface area contributed by atoms with Gasteiger partial charge in [-0.05, 0) is 24.1 Å². The number of aliphatic hydroxyl groups excluding tert-OH is 1. The first-order valence-electron chi connectivity index (χ1n) is 7.93. The summed E-state index contributed by atoms with van der Waals surface area (Å²) in [7, 11) is 0. The summed E-state index contributed by atoms with van der Waals surface area (Å²) in [6, 6.07) is 4.28. The zero-order valence-electron chi connectivity index (χ0n) is 13.3. The molecule has 0 aromatic carbocycles. The molecule has 5 heteroatoms. The first-order valence-corrected chi connectivity index (χ1v) is 7.93. The van der Waals surface area contributed by atoms with Gasteiger partial charge in [-0.1, -0.05) is 19.9 Å². The lowest BCUT2D eigenvalue weighted by molar-refractivity contribution is 0.188. The van der Waals surface area contributed by atoms with E-state index < -0.39 is 0 Å². The lowest BCUT2D eigenvalue weighted by Gasteiger charge is -2.35. The summed E-state index contributed by atoms with van der Waals surface area (Å²) in [5.74, 6) is 1.73. The Bertz CT molecular complexity index is 399. The minimum Gasteiger partial charge on any atom is -0.395 e. The summed E-state index contributed by atoms with van der Waals surface area (Å²) >= 11 is 0. The minimum absolute atomic E-state index is 0.246. The van der Waals surface area contributed by atoms with Crippen LogP contribution in [0.3, 0.4) is 0 Å². The van der Waals surface area contributed by atoms with Crippen LogP contribution < -0.4 is 10.2 Å². The highest BCUT2D eigenvalue weighted by Gasteiger charge is 2.17. The molecule has 0 aliphatic carbocycles. The van der Waals surface area contributed by atoms with Gasteiger partial charge in [-0.15, -0.1) is 0 Å². The van der Waals surface area contributed by atoms with Crippen molar-refractivity contribution >= 4 is 5.82 Å². The molecule has 2 rings (SSSR count). The molecule has 1 aromatic rings. The van der Waals surface area contributed by atoms with E-state index in [0.717, 1.165) is 51.6 Å². The van der Waals surface area contributed by atoms with Crippen molar-refractivity contribution in [3.05, 3.63) is 23.9 Å². The van der Waals surface area contributed by atoms with Crippen LogP contribution in [0, 0.1) is 5.92 Å². The lowest BCUT2D eigenvalue weighted by Crippen LogP contribution is -2.47. The van der Waals surface area contributed by atoms with E-state index in [0.29, 0.717) is 5.92 Å². The fourth-order valence-electron chi connectivity index (χ4n) is 2.56. The molecule has 2 N–H and O–H groups in total. The number of nitrogens with zero attached hydrogens (tertiary/aromatic N) is 3. The summed E-state index contributed by atoms with van der Waals surface area (Å²) in [5, 5.41) is 12.4. The fourth-order valence-corrected chi connectivity index (χ4v) is 2.56. The topological polar surface area (TPSA) is 51.6 Å². The van der Waals surface area contributed by atoms with Gasteiger partial charge < -0.3 is 15.3 Å². The second-order valence-electron chi connectivity index (χ2n) is 6.10. The number of piperazine rings is 1. The van der Waals surface area contributed by atoms with Gasteiger partial charge in [-0.3, -0.25) is 4.90 Å². The van der Waals surface area contributed by atoms with Crippen LogP contribution in [-0.4, -0.2) is 60.9 Å². The molecule has 0 saturated carbocycles. The molecule has 21 heavy (non-hydrogen) atoms. The normalized spacial score (nSPS) is 16.7. The van der Waals surface area contributed by atoms with Crippen molar-refractivity contribution in [2.24, 2.45) is 5.92 Å². The molecule has 0 unspecified atom stereocenters. The van der Waals surface area contributed by atoms with E-state index in [2.05, 4.69) is 46.1 Å². The van der Waals surface area contributed by atoms with E-state index in [1.165, 1.54) is 5.56 Å². The maximum atomic E-state index is 8.96. The number of nitrogens with one attached hydrogen (secondary N) is 1. The van der Waals surface area contributed by atoms with Crippen LogP contribution in [0.4, 0.5) is 5.82 Å². The van der Waals surface area contributed by atoms with Crippen molar-refractivity contribution in [1.29, 1.82) is 0 Å². The van der Waals surface area contributed by atoms with E-state index in [1.54, 1.807) is 0 Å². The molecule has 1 saturated heterocycles. The van der Waals surface area contributed by atoms with Crippen molar-refractivity contribution in [3.8, 4) is 0 Å². The largest absolute Gasteiger partial charge is 0.395 e. The molecule has 5 nitrogen and oxygen atoms in total. The Balaban J connectivity index is 1.79. The van der Waals surface area contributed by atoms with Gasteiger partial charge in [0.1, 0.15) is 5.82 Å². The second-order valence-corrected chi connectivity index (χ2v) is 6.10. The predicted octanol–water partition coefficient (Wildman–Crippen LogP) is 0.941. The minimum atomic E-state index is 0.246. The van der Waals surface area contributed by atoms with Gasteiger partial charge in [0.25, 0.3) is 0 Å². The zero-order chi connectivity index (χ0) is 15.1. The molecule has 1 aliphatic heterocycles. The maximum Gasteiger partial charge on any atom is 0.128 e. The summed E-state index contributed by atoms with van der Waals surface area (Å²) in [5.41, 5.74) is 1.23. The maximum absolute atomic E-state index is 8.96. The quantitative estimate of drug-likeness (QED) is 0.783. The Morgan fingerprint density at radius 2 is 2.00 bits per heavy atom. The molecular formula is C16H28N4O. The van der Waals surface area contributed by atoms with E-state index in [1.807, 2.05) is 6.20 Å². The van der Waals surface area contributed by atoms with Crippen LogP contribution in [0.1, 0.15) is 19.4 Å². The first kappa shape index (κ1) is 16.2. The summed E-state index contributed by atoms with van der Waals surface area (Å²) in [6.07, 6.45) is 1.97. The van der Waals surface area contributed by atoms with Gasteiger partial charge in [-0.25, -0.2) is 4.98 Å². The summed E-state index contributed by atoms with van der Waals surface area (Å²) < 4.78 is 0. The first-order chi connectivity index (χ1) is 10.2. The van der Waals surface area contributed by atoms with Crippen LogP contribution in [0.25, 0.3) is 0 Å². The third kappa shape index (κ3) is 5.26. The standard InChI is InChI=1S/C16H28N4O/c1-14(2)11-17-12-15-3-4-16(18-13-15)20-7-5-19(6-8-20)9-10-21/h3-4,13-14,17,21H,5-12H2,1-2H3. The van der Waals surface area contributed by atoms with Crippen LogP contribution >= 0.6 is 0 Å². The second kappa shape index (κ2) is 8.32. The lowest BCUT2D eigenvalue weighted by atomic mass is 10.2. The summed E-state index contributed by atoms with van der Waals surface area (Å²) in [4.78, 5) is 9.20. The number of pyridine rings is 1. The Kier molecular flexibility index (Phi) is 6.42. The number of β-amino-alcohol motifs (C(OH)–C–C–N with tert-alkyl or cyclic N) is 1. The third-order valence-corrected chi connectivity index (χ3v) is 3.80. The number of aromatic nitrogens is 1. The van der Waals surface area contributed by atoms with Crippen molar-refractivity contribution < 1.29 is 5.11 Å². The predicted molar refractivity (Wildman–Crippen MR) is 86.5 cm³/mol. The molecule has 1 fully saturated rings. The number of hydrogen-bond acceptors (Lipinski definition) is 5. The van der Waals surface area contributed by atoms with Gasteiger partial charge in [0, 0.05) is 45.5 Å². The molecule has 0 amide bonds. The molecule has 0 spiro atoms. The van der Waals surface area contributed by atoms with Crippen molar-refractivity contribution in [2.45, 2.75) is 20.4 Å². The van der Waals surface area contributed by atoms with Gasteiger partial charge >= 0.3 is 0 Å². The average molecular weight is 292 g/mol. The van der Waals surface area contributed by atoms with Crippen LogP contribution in [0.15, 0.2) is 18.3 Å². The van der Waals surface area contributed by atoms with E-state index in [-0.39, 0.29) is 6.61 Å². The summed E-state index contributed by atoms with van der Waals surface area (Å²) in [6.45, 7) is 11.3. The van der Waals surface area contributed by atoms with Gasteiger partial charge in [-0.2, -0.15) is 0 Å². The highest BCUT2D eigenvalue weighted by Crippen LogP contribution is 2.14. The number of hydrogen-bond donors (Lipinski definition) is 2. The Hall–Kier alpha value is -1.17. The van der Waals surface area contributed by atoms with Crippen molar-refractivity contribution in [2.75, 3.05) is 50.8 Å². The van der Waals surface area contributed by atoms with E-state index in [4.69, 9.17) is 5.11 Å². The average Bonchev–Trinajstić information content (AvgIpc) is 2.49. The van der Waals surface area contributed by atoms with E-state index in [9.17, 15) is 0 Å². The third-order valence-electron chi connectivity index (χ3n) is 3.80. The van der Waals surface area contributed by atoms with Gasteiger partial charge in [0.2, 0.25) is 0 Å². The molecule has 0 atom stereocenters. The smallest absolute Gasteiger partial charge is 0.128 e. The van der Waals surface area contributed by atoms with Gasteiger partial charge in [0.15, 0.2) is 0 Å². The Labute approximate surface area is 128 Å². The number of aliphatic hydroxyl groups is 1. The number of rotatable bonds is 7. The monoisotopic (exact) mass is 292 g/mol. The highest BCUT2D eigenvalue weighted by atomic mass is 16.3. The zero-order valence-corrected chi connectivity index (χ0v) is 13.3. The molecular weight excluding hydrogens is 264 g/mol. The number of anilines is 1.